The number of benzene rings is 1. The Morgan fingerprint density at radius 2 is 2.14 bits per heavy atom. The molecule has 1 aromatic rings. The van der Waals surface area contributed by atoms with Crippen molar-refractivity contribution in [1.29, 1.82) is 0 Å². The Morgan fingerprint density at radius 1 is 1.33 bits per heavy atom. The van der Waals surface area contributed by atoms with E-state index in [1.165, 1.54) is 19.3 Å². The fourth-order valence-electron chi connectivity index (χ4n) is 3.76. The van der Waals surface area contributed by atoms with Gasteiger partial charge in [0.2, 0.25) is 0 Å². The van der Waals surface area contributed by atoms with Crippen LogP contribution in [0.2, 0.25) is 0 Å². The molecule has 2 aliphatic rings. The number of aromatic hydroxyl groups is 1. The van der Waals surface area contributed by atoms with Gasteiger partial charge >= 0.3 is 0 Å². The minimum Gasteiger partial charge on any atom is -0.507 e. The van der Waals surface area contributed by atoms with E-state index in [9.17, 15) is 9.90 Å². The van der Waals surface area contributed by atoms with Gasteiger partial charge in [0.05, 0.1) is 5.56 Å². The smallest absolute Gasteiger partial charge is 0.257 e. The first-order valence-corrected chi connectivity index (χ1v) is 7.90. The number of nitrogens with one attached hydrogen (secondary N) is 1. The predicted molar refractivity (Wildman–Crippen MR) is 82.5 cm³/mol. The zero-order chi connectivity index (χ0) is 14.9. The van der Waals surface area contributed by atoms with Crippen LogP contribution in [0.4, 0.5) is 0 Å². The second-order valence-electron chi connectivity index (χ2n) is 6.58. The molecular formula is C17H24N2O2. The number of carbonyl (C=O) groups is 1. The van der Waals surface area contributed by atoms with Crippen molar-refractivity contribution >= 4 is 5.91 Å². The van der Waals surface area contributed by atoms with Crippen LogP contribution in [0, 0.1) is 12.3 Å². The van der Waals surface area contributed by atoms with E-state index in [0.29, 0.717) is 5.56 Å². The number of phenolic OH excluding ortho intramolecular Hbond substituents is 1. The number of likely N-dealkylation sites (tertiary alicyclic amines) is 1. The molecule has 0 saturated carbocycles. The SMILES string of the molecule is Cc1cccc(C(=O)N2CCCC3(CCCNC3)C2)c1O. The van der Waals surface area contributed by atoms with Crippen molar-refractivity contribution in [1.82, 2.24) is 10.2 Å². The number of nitrogens with zero attached hydrogens (tertiary/aromatic N) is 1. The Morgan fingerprint density at radius 3 is 2.90 bits per heavy atom. The number of piperidine rings is 2. The number of phenols is 1. The molecule has 0 radical (unpaired) electrons. The number of rotatable bonds is 1. The van der Waals surface area contributed by atoms with E-state index in [1.807, 2.05) is 24.0 Å². The van der Waals surface area contributed by atoms with Crippen LogP contribution >= 0.6 is 0 Å². The zero-order valence-corrected chi connectivity index (χ0v) is 12.7. The summed E-state index contributed by atoms with van der Waals surface area (Å²) in [7, 11) is 0. The van der Waals surface area contributed by atoms with E-state index < -0.39 is 0 Å². The lowest BCUT2D eigenvalue weighted by molar-refractivity contribution is 0.0431. The molecule has 2 aliphatic heterocycles. The molecule has 0 aliphatic carbocycles. The number of aryl methyl sites for hydroxylation is 1. The Bertz CT molecular complexity index is 530. The zero-order valence-electron chi connectivity index (χ0n) is 12.7. The van der Waals surface area contributed by atoms with Crippen LogP contribution in [0.15, 0.2) is 18.2 Å². The van der Waals surface area contributed by atoms with Crippen molar-refractivity contribution < 1.29 is 9.90 Å². The molecule has 2 N–H and O–H groups in total. The first kappa shape index (κ1) is 14.4. The van der Waals surface area contributed by atoms with Gasteiger partial charge in [0.15, 0.2) is 0 Å². The van der Waals surface area contributed by atoms with Crippen LogP contribution in [0.3, 0.4) is 0 Å². The van der Waals surface area contributed by atoms with Gasteiger partial charge in [-0.2, -0.15) is 0 Å². The lowest BCUT2D eigenvalue weighted by Crippen LogP contribution is -2.52. The second kappa shape index (κ2) is 5.68. The van der Waals surface area contributed by atoms with Crippen molar-refractivity contribution in [2.75, 3.05) is 26.2 Å². The molecule has 1 atom stereocenters. The van der Waals surface area contributed by atoms with Gasteiger partial charge in [-0.15, -0.1) is 0 Å². The van der Waals surface area contributed by atoms with Gasteiger partial charge in [0, 0.05) is 25.0 Å². The quantitative estimate of drug-likeness (QED) is 0.834. The highest BCUT2D eigenvalue weighted by Gasteiger charge is 2.38. The van der Waals surface area contributed by atoms with E-state index in [0.717, 1.165) is 38.2 Å². The summed E-state index contributed by atoms with van der Waals surface area (Å²) in [5, 5.41) is 13.6. The summed E-state index contributed by atoms with van der Waals surface area (Å²) in [5.74, 6) is 0.102. The van der Waals surface area contributed by atoms with Crippen molar-refractivity contribution in [2.24, 2.45) is 5.41 Å². The maximum atomic E-state index is 12.7. The molecule has 1 aromatic carbocycles. The Labute approximate surface area is 126 Å². The normalized spacial score (nSPS) is 26.0. The first-order chi connectivity index (χ1) is 10.1. The molecule has 2 fully saturated rings. The molecule has 4 nitrogen and oxygen atoms in total. The molecule has 1 spiro atoms. The Kier molecular flexibility index (Phi) is 3.89. The monoisotopic (exact) mass is 288 g/mol. The topological polar surface area (TPSA) is 52.6 Å². The fourth-order valence-corrected chi connectivity index (χ4v) is 3.76. The van der Waals surface area contributed by atoms with Gasteiger partial charge in [-0.05, 0) is 50.8 Å². The van der Waals surface area contributed by atoms with Gasteiger partial charge in [0.25, 0.3) is 5.91 Å². The average molecular weight is 288 g/mol. The predicted octanol–water partition coefficient (Wildman–Crippen LogP) is 2.31. The molecule has 114 valence electrons. The number of para-hydroxylation sites is 1. The molecule has 3 rings (SSSR count). The summed E-state index contributed by atoms with van der Waals surface area (Å²) in [6.07, 6.45) is 4.64. The van der Waals surface area contributed by atoms with Gasteiger partial charge in [-0.25, -0.2) is 0 Å². The van der Waals surface area contributed by atoms with Gasteiger partial charge in [0.1, 0.15) is 5.75 Å². The molecule has 2 heterocycles. The van der Waals surface area contributed by atoms with Crippen molar-refractivity contribution in [2.45, 2.75) is 32.6 Å². The van der Waals surface area contributed by atoms with Crippen LogP contribution < -0.4 is 5.32 Å². The molecule has 2 saturated heterocycles. The molecule has 21 heavy (non-hydrogen) atoms. The Hall–Kier alpha value is -1.55. The van der Waals surface area contributed by atoms with Gasteiger partial charge in [-0.3, -0.25) is 4.79 Å². The minimum atomic E-state index is -0.0270. The van der Waals surface area contributed by atoms with E-state index >= 15 is 0 Å². The number of carbonyl (C=O) groups excluding carboxylic acids is 1. The largest absolute Gasteiger partial charge is 0.507 e. The lowest BCUT2D eigenvalue weighted by atomic mass is 9.74. The minimum absolute atomic E-state index is 0.0270. The third-order valence-electron chi connectivity index (χ3n) is 4.98. The highest BCUT2D eigenvalue weighted by atomic mass is 16.3. The van der Waals surface area contributed by atoms with Crippen LogP contribution in [0.25, 0.3) is 0 Å². The highest BCUT2D eigenvalue weighted by Crippen LogP contribution is 2.37. The summed E-state index contributed by atoms with van der Waals surface area (Å²) in [6, 6.07) is 5.39. The summed E-state index contributed by atoms with van der Waals surface area (Å²) in [6.45, 7) is 5.54. The molecule has 1 amide bonds. The summed E-state index contributed by atoms with van der Waals surface area (Å²) in [4.78, 5) is 14.7. The maximum Gasteiger partial charge on any atom is 0.257 e. The Balaban J connectivity index is 1.79. The molecule has 0 bridgehead atoms. The van der Waals surface area contributed by atoms with Crippen molar-refractivity contribution in [3.8, 4) is 5.75 Å². The summed E-state index contributed by atoms with van der Waals surface area (Å²) >= 11 is 0. The van der Waals surface area contributed by atoms with Gasteiger partial charge in [-0.1, -0.05) is 12.1 Å². The van der Waals surface area contributed by atoms with Gasteiger partial charge < -0.3 is 15.3 Å². The van der Waals surface area contributed by atoms with Crippen LogP contribution in [-0.2, 0) is 0 Å². The lowest BCUT2D eigenvalue weighted by Gasteiger charge is -2.45. The number of hydrogen-bond acceptors (Lipinski definition) is 3. The number of amides is 1. The third-order valence-corrected chi connectivity index (χ3v) is 4.98. The maximum absolute atomic E-state index is 12.7. The van der Waals surface area contributed by atoms with Crippen molar-refractivity contribution in [3.05, 3.63) is 29.3 Å². The second-order valence-corrected chi connectivity index (χ2v) is 6.58. The van der Waals surface area contributed by atoms with E-state index in [1.54, 1.807) is 6.07 Å². The standard InChI is InChI=1S/C17H24N2O2/c1-13-5-2-6-14(15(13)20)16(21)19-10-4-8-17(12-19)7-3-9-18-11-17/h2,5-6,18,20H,3-4,7-12H2,1H3. The van der Waals surface area contributed by atoms with E-state index in [4.69, 9.17) is 0 Å². The molecule has 1 unspecified atom stereocenters. The van der Waals surface area contributed by atoms with Crippen LogP contribution in [0.1, 0.15) is 41.6 Å². The van der Waals surface area contributed by atoms with E-state index in [2.05, 4.69) is 5.32 Å². The summed E-state index contributed by atoms with van der Waals surface area (Å²) < 4.78 is 0. The fraction of sp³-hybridized carbons (Fsp3) is 0.588. The molecular weight excluding hydrogens is 264 g/mol. The van der Waals surface area contributed by atoms with Crippen molar-refractivity contribution in [3.63, 3.8) is 0 Å². The summed E-state index contributed by atoms with van der Waals surface area (Å²) in [5.41, 5.74) is 1.44. The third kappa shape index (κ3) is 2.77. The highest BCUT2D eigenvalue weighted by molar-refractivity contribution is 5.97. The van der Waals surface area contributed by atoms with Crippen LogP contribution in [-0.4, -0.2) is 42.1 Å². The van der Waals surface area contributed by atoms with E-state index in [-0.39, 0.29) is 17.1 Å². The molecule has 4 heteroatoms. The van der Waals surface area contributed by atoms with Crippen LogP contribution in [0.5, 0.6) is 5.75 Å². The molecule has 0 aromatic heterocycles. The number of hydrogen-bond donors (Lipinski definition) is 2. The average Bonchev–Trinajstić information content (AvgIpc) is 2.50. The first-order valence-electron chi connectivity index (χ1n) is 7.90.